The molecule has 0 N–H and O–H groups in total. The number of aldehydes is 1. The Hall–Kier alpha value is -1.11. The Labute approximate surface area is 85.1 Å². The van der Waals surface area contributed by atoms with E-state index in [9.17, 15) is 4.79 Å². The van der Waals surface area contributed by atoms with Crippen LogP contribution in [0.5, 0.6) is 0 Å². The van der Waals surface area contributed by atoms with Gasteiger partial charge < -0.3 is 4.79 Å². The van der Waals surface area contributed by atoms with Crippen molar-refractivity contribution in [3.05, 3.63) is 34.9 Å². The van der Waals surface area contributed by atoms with Gasteiger partial charge in [-0.1, -0.05) is 25.1 Å². The molecule has 1 nitrogen and oxygen atoms in total. The van der Waals surface area contributed by atoms with E-state index in [2.05, 4.69) is 25.1 Å². The number of fused-ring (bicyclic) bond motifs is 1. The summed E-state index contributed by atoms with van der Waals surface area (Å²) >= 11 is 0. The second-order valence-corrected chi connectivity index (χ2v) is 4.38. The predicted octanol–water partition coefficient (Wildman–Crippen LogP) is 2.54. The van der Waals surface area contributed by atoms with Crippen molar-refractivity contribution in [3.8, 4) is 0 Å². The van der Waals surface area contributed by atoms with E-state index in [4.69, 9.17) is 0 Å². The van der Waals surface area contributed by atoms with Crippen LogP contribution in [-0.2, 0) is 17.6 Å². The number of aryl methyl sites for hydroxylation is 1. The average Bonchev–Trinajstić information content (AvgIpc) is 2.62. The van der Waals surface area contributed by atoms with Crippen molar-refractivity contribution >= 4 is 6.29 Å². The number of hydrogen-bond acceptors (Lipinski definition) is 1. The molecule has 1 aromatic carbocycles. The maximum absolute atomic E-state index is 10.7. The van der Waals surface area contributed by atoms with Crippen molar-refractivity contribution in [1.82, 2.24) is 0 Å². The Kier molecular flexibility index (Phi) is 2.40. The van der Waals surface area contributed by atoms with Crippen LogP contribution in [0.4, 0.5) is 0 Å². The minimum absolute atomic E-state index is 0.196. The summed E-state index contributed by atoms with van der Waals surface area (Å²) in [5, 5.41) is 0. The minimum Gasteiger partial charge on any atom is -0.303 e. The highest BCUT2D eigenvalue weighted by molar-refractivity contribution is 5.54. The van der Waals surface area contributed by atoms with Gasteiger partial charge in [-0.25, -0.2) is 0 Å². The lowest BCUT2D eigenvalue weighted by Crippen LogP contribution is -2.12. The van der Waals surface area contributed by atoms with E-state index >= 15 is 0 Å². The van der Waals surface area contributed by atoms with E-state index in [1.54, 1.807) is 0 Å². The molecular weight excluding hydrogens is 172 g/mol. The van der Waals surface area contributed by atoms with Crippen LogP contribution in [0, 0.1) is 18.8 Å². The summed E-state index contributed by atoms with van der Waals surface area (Å²) in [6, 6.07) is 6.47. The monoisotopic (exact) mass is 188 g/mol. The molecule has 0 heterocycles. The van der Waals surface area contributed by atoms with Crippen LogP contribution in [-0.4, -0.2) is 6.29 Å². The Bertz CT molecular complexity index is 354. The Balaban J connectivity index is 2.26. The molecule has 0 saturated heterocycles. The van der Waals surface area contributed by atoms with Crippen LogP contribution in [0.2, 0.25) is 0 Å². The molecule has 1 aliphatic carbocycles. The molecule has 0 aromatic heterocycles. The van der Waals surface area contributed by atoms with Gasteiger partial charge in [0, 0.05) is 5.92 Å². The van der Waals surface area contributed by atoms with E-state index in [1.165, 1.54) is 16.7 Å². The lowest BCUT2D eigenvalue weighted by atomic mass is 9.92. The number of carbonyl (C=O) groups excluding carboxylic acids is 1. The van der Waals surface area contributed by atoms with Gasteiger partial charge >= 0.3 is 0 Å². The summed E-state index contributed by atoms with van der Waals surface area (Å²) < 4.78 is 0. The first-order valence-corrected chi connectivity index (χ1v) is 5.25. The van der Waals surface area contributed by atoms with Gasteiger partial charge in [0.2, 0.25) is 0 Å². The van der Waals surface area contributed by atoms with Gasteiger partial charge in [0.05, 0.1) is 0 Å². The molecule has 2 rings (SSSR count). The first-order valence-electron chi connectivity index (χ1n) is 5.25. The Morgan fingerprint density at radius 1 is 1.43 bits per heavy atom. The molecule has 74 valence electrons. The minimum atomic E-state index is 0.196. The quantitative estimate of drug-likeness (QED) is 0.652. The van der Waals surface area contributed by atoms with Crippen LogP contribution < -0.4 is 0 Å². The van der Waals surface area contributed by atoms with Crippen molar-refractivity contribution in [2.24, 2.45) is 11.8 Å². The zero-order chi connectivity index (χ0) is 10.1. The number of hydrogen-bond donors (Lipinski definition) is 0. The largest absolute Gasteiger partial charge is 0.303 e. The maximum atomic E-state index is 10.7. The van der Waals surface area contributed by atoms with Crippen LogP contribution in [0.3, 0.4) is 0 Å². The molecule has 2 unspecified atom stereocenters. The highest BCUT2D eigenvalue weighted by Gasteiger charge is 2.26. The van der Waals surface area contributed by atoms with Crippen LogP contribution in [0.25, 0.3) is 0 Å². The summed E-state index contributed by atoms with van der Waals surface area (Å²) in [5.41, 5.74) is 4.30. The third-order valence-electron chi connectivity index (χ3n) is 3.41. The lowest BCUT2D eigenvalue weighted by molar-refractivity contribution is -0.111. The van der Waals surface area contributed by atoms with E-state index < -0.39 is 0 Å². The van der Waals surface area contributed by atoms with Gasteiger partial charge in [0.1, 0.15) is 6.29 Å². The van der Waals surface area contributed by atoms with Crippen LogP contribution in [0.15, 0.2) is 18.2 Å². The zero-order valence-corrected chi connectivity index (χ0v) is 8.79. The van der Waals surface area contributed by atoms with Crippen molar-refractivity contribution in [2.75, 3.05) is 0 Å². The molecule has 0 aliphatic heterocycles. The standard InChI is InChI=1S/C13H16O/c1-9-4-3-5-11-6-12(7-13(9)11)10(2)8-14/h3-5,8,10,12H,6-7H2,1-2H3. The van der Waals surface area contributed by atoms with Crippen molar-refractivity contribution < 1.29 is 4.79 Å². The third kappa shape index (κ3) is 1.47. The SMILES string of the molecule is Cc1cccc2c1CC(C(C)C=O)C2. The van der Waals surface area contributed by atoms with Crippen LogP contribution in [0.1, 0.15) is 23.6 Å². The van der Waals surface area contributed by atoms with Crippen molar-refractivity contribution in [3.63, 3.8) is 0 Å². The molecule has 0 fully saturated rings. The fraction of sp³-hybridized carbons (Fsp3) is 0.462. The molecule has 0 spiro atoms. The number of benzene rings is 1. The smallest absolute Gasteiger partial charge is 0.123 e. The number of carbonyl (C=O) groups is 1. The highest BCUT2D eigenvalue weighted by Crippen LogP contribution is 2.32. The van der Waals surface area contributed by atoms with E-state index in [0.717, 1.165) is 19.1 Å². The average molecular weight is 188 g/mol. The third-order valence-corrected chi connectivity index (χ3v) is 3.41. The van der Waals surface area contributed by atoms with E-state index in [1.807, 2.05) is 6.92 Å². The topological polar surface area (TPSA) is 17.1 Å². The van der Waals surface area contributed by atoms with Gasteiger partial charge in [-0.3, -0.25) is 0 Å². The fourth-order valence-electron chi connectivity index (χ4n) is 2.35. The molecule has 1 heteroatoms. The number of rotatable bonds is 2. The molecular formula is C13H16O. The molecule has 0 saturated carbocycles. The molecule has 1 aliphatic rings. The Morgan fingerprint density at radius 3 is 2.86 bits per heavy atom. The molecule has 14 heavy (non-hydrogen) atoms. The van der Waals surface area contributed by atoms with Gasteiger partial charge in [-0.05, 0) is 42.4 Å². The van der Waals surface area contributed by atoms with Crippen LogP contribution >= 0.6 is 0 Å². The summed E-state index contributed by atoms with van der Waals surface area (Å²) in [7, 11) is 0. The van der Waals surface area contributed by atoms with Gasteiger partial charge in [-0.2, -0.15) is 0 Å². The van der Waals surface area contributed by atoms with E-state index in [0.29, 0.717) is 5.92 Å². The second-order valence-electron chi connectivity index (χ2n) is 4.38. The molecule has 0 bridgehead atoms. The summed E-state index contributed by atoms with van der Waals surface area (Å²) in [6.07, 6.45) is 3.25. The first kappa shape index (κ1) is 9.45. The van der Waals surface area contributed by atoms with E-state index in [-0.39, 0.29) is 5.92 Å². The summed E-state index contributed by atoms with van der Waals surface area (Å²) in [6.45, 7) is 4.19. The zero-order valence-electron chi connectivity index (χ0n) is 8.79. The fourth-order valence-corrected chi connectivity index (χ4v) is 2.35. The molecule has 1 aromatic rings. The van der Waals surface area contributed by atoms with Gasteiger partial charge in [-0.15, -0.1) is 0 Å². The molecule has 0 radical (unpaired) electrons. The summed E-state index contributed by atoms with van der Waals surface area (Å²) in [4.78, 5) is 10.7. The molecule has 0 amide bonds. The first-order chi connectivity index (χ1) is 6.72. The van der Waals surface area contributed by atoms with Gasteiger partial charge in [0.15, 0.2) is 0 Å². The second kappa shape index (κ2) is 3.56. The predicted molar refractivity (Wildman–Crippen MR) is 57.3 cm³/mol. The highest BCUT2D eigenvalue weighted by atomic mass is 16.1. The van der Waals surface area contributed by atoms with Crippen molar-refractivity contribution in [2.45, 2.75) is 26.7 Å². The lowest BCUT2D eigenvalue weighted by Gasteiger charge is -2.11. The normalized spacial score (nSPS) is 21.7. The van der Waals surface area contributed by atoms with Gasteiger partial charge in [0.25, 0.3) is 0 Å². The molecule has 2 atom stereocenters. The maximum Gasteiger partial charge on any atom is 0.123 e. The summed E-state index contributed by atoms with van der Waals surface area (Å²) in [5.74, 6) is 0.727. The Morgan fingerprint density at radius 2 is 2.21 bits per heavy atom. The van der Waals surface area contributed by atoms with Crippen molar-refractivity contribution in [1.29, 1.82) is 0 Å².